The number of amides is 2. The molecule has 1 aromatic carbocycles. The Kier molecular flexibility index (Phi) is 5.67. The van der Waals surface area contributed by atoms with Crippen molar-refractivity contribution < 1.29 is 28.6 Å². The van der Waals surface area contributed by atoms with E-state index in [-0.39, 0.29) is 42.6 Å². The molecule has 1 aliphatic heterocycles. The first kappa shape index (κ1) is 19.5. The van der Waals surface area contributed by atoms with Gasteiger partial charge < -0.3 is 24.5 Å². The van der Waals surface area contributed by atoms with E-state index in [1.54, 1.807) is 24.0 Å². The second kappa shape index (κ2) is 8.16. The van der Waals surface area contributed by atoms with Crippen LogP contribution in [0, 0.1) is 12.8 Å². The van der Waals surface area contributed by atoms with Crippen LogP contribution in [0.1, 0.15) is 35.2 Å². The molecule has 2 N–H and O–H groups in total. The predicted molar refractivity (Wildman–Crippen MR) is 100 cm³/mol. The fourth-order valence-electron chi connectivity index (χ4n) is 3.24. The van der Waals surface area contributed by atoms with E-state index in [9.17, 15) is 14.4 Å². The molecule has 2 amide bonds. The maximum atomic E-state index is 12.5. The molecule has 0 bridgehead atoms. The second-order valence-corrected chi connectivity index (χ2v) is 6.51. The molecule has 1 aromatic heterocycles. The van der Waals surface area contributed by atoms with Crippen molar-refractivity contribution in [1.29, 1.82) is 0 Å². The molecule has 8 nitrogen and oxygen atoms in total. The number of benzene rings is 1. The lowest BCUT2D eigenvalue weighted by molar-refractivity contribution is -0.126. The van der Waals surface area contributed by atoms with Crippen molar-refractivity contribution in [2.75, 3.05) is 18.1 Å². The molecule has 1 unspecified atom stereocenters. The van der Waals surface area contributed by atoms with E-state index in [1.807, 2.05) is 19.1 Å². The Morgan fingerprint density at radius 3 is 2.79 bits per heavy atom. The maximum Gasteiger partial charge on any atom is 0.339 e. The molecule has 0 saturated carbocycles. The van der Waals surface area contributed by atoms with Crippen molar-refractivity contribution in [3.63, 3.8) is 0 Å². The normalized spacial score (nSPS) is 16.3. The summed E-state index contributed by atoms with van der Waals surface area (Å²) in [6.07, 6.45) is 0.101. The van der Waals surface area contributed by atoms with Gasteiger partial charge in [0.15, 0.2) is 0 Å². The Labute approximate surface area is 162 Å². The van der Waals surface area contributed by atoms with Crippen LogP contribution in [0.5, 0.6) is 5.75 Å². The Morgan fingerprint density at radius 2 is 2.11 bits per heavy atom. The largest absolute Gasteiger partial charge is 0.492 e. The summed E-state index contributed by atoms with van der Waals surface area (Å²) in [6, 6.07) is 8.62. The van der Waals surface area contributed by atoms with Crippen molar-refractivity contribution in [3.8, 4) is 5.75 Å². The summed E-state index contributed by atoms with van der Waals surface area (Å²) in [7, 11) is 0. The zero-order valence-electron chi connectivity index (χ0n) is 15.7. The van der Waals surface area contributed by atoms with E-state index in [0.717, 1.165) is 0 Å². The van der Waals surface area contributed by atoms with Crippen LogP contribution in [0.2, 0.25) is 0 Å². The molecule has 3 rings (SSSR count). The molecule has 0 radical (unpaired) electrons. The van der Waals surface area contributed by atoms with E-state index in [0.29, 0.717) is 23.8 Å². The number of carboxylic acids is 1. The number of rotatable bonds is 7. The van der Waals surface area contributed by atoms with Gasteiger partial charge in [0.2, 0.25) is 11.8 Å². The van der Waals surface area contributed by atoms with Gasteiger partial charge in [-0.15, -0.1) is 0 Å². The van der Waals surface area contributed by atoms with Crippen molar-refractivity contribution >= 4 is 23.5 Å². The quantitative estimate of drug-likeness (QED) is 0.756. The topological polar surface area (TPSA) is 109 Å². The fraction of sp³-hybridized carbons (Fsp3) is 0.350. The lowest BCUT2D eigenvalue weighted by atomic mass is 10.1. The van der Waals surface area contributed by atoms with E-state index in [1.165, 1.54) is 6.07 Å². The number of furan rings is 1. The average molecular weight is 386 g/mol. The van der Waals surface area contributed by atoms with Gasteiger partial charge in [0.25, 0.3) is 0 Å². The molecule has 8 heteroatoms. The van der Waals surface area contributed by atoms with Gasteiger partial charge in [-0.2, -0.15) is 0 Å². The van der Waals surface area contributed by atoms with Crippen molar-refractivity contribution in [3.05, 3.63) is 47.4 Å². The molecule has 0 spiro atoms. The third-order valence-electron chi connectivity index (χ3n) is 4.59. The highest BCUT2D eigenvalue weighted by molar-refractivity contribution is 6.01. The lowest BCUT2D eigenvalue weighted by Gasteiger charge is -2.20. The van der Waals surface area contributed by atoms with Crippen LogP contribution >= 0.6 is 0 Å². The Bertz CT molecular complexity index is 904. The number of carboxylic acid groups (broad SMARTS) is 1. The van der Waals surface area contributed by atoms with Crippen LogP contribution in [-0.4, -0.2) is 36.0 Å². The van der Waals surface area contributed by atoms with Crippen LogP contribution in [0.4, 0.5) is 5.69 Å². The number of hydrogen-bond acceptors (Lipinski definition) is 5. The van der Waals surface area contributed by atoms with Crippen molar-refractivity contribution in [2.45, 2.75) is 26.8 Å². The number of aryl methyl sites for hydroxylation is 1. The molecule has 148 valence electrons. The standard InChI is InChI=1S/C20H22N2O6/c1-3-27-17-7-5-4-6-16(17)22-11-13(8-18(22)23)19(24)21-10-14-9-15(20(25)26)12(2)28-14/h4-7,9,13H,3,8,10-11H2,1-2H3,(H,21,24)(H,25,26). The zero-order chi connectivity index (χ0) is 20.3. The second-order valence-electron chi connectivity index (χ2n) is 6.51. The van der Waals surface area contributed by atoms with Gasteiger partial charge in [-0.1, -0.05) is 12.1 Å². The number of hydrogen-bond donors (Lipinski definition) is 2. The maximum absolute atomic E-state index is 12.5. The summed E-state index contributed by atoms with van der Waals surface area (Å²) >= 11 is 0. The molecule has 2 aromatic rings. The Morgan fingerprint density at radius 1 is 1.36 bits per heavy atom. The number of para-hydroxylation sites is 2. The summed E-state index contributed by atoms with van der Waals surface area (Å²) < 4.78 is 10.9. The summed E-state index contributed by atoms with van der Waals surface area (Å²) in [5.41, 5.74) is 0.719. The van der Waals surface area contributed by atoms with Gasteiger partial charge in [0.1, 0.15) is 22.8 Å². The van der Waals surface area contributed by atoms with E-state index in [4.69, 9.17) is 14.3 Å². The van der Waals surface area contributed by atoms with Gasteiger partial charge in [-0.25, -0.2) is 4.79 Å². The number of nitrogens with zero attached hydrogens (tertiary/aromatic N) is 1. The van der Waals surface area contributed by atoms with Gasteiger partial charge in [0, 0.05) is 13.0 Å². The number of nitrogens with one attached hydrogen (secondary N) is 1. The Hall–Kier alpha value is -3.29. The first-order valence-electron chi connectivity index (χ1n) is 9.03. The molecule has 1 atom stereocenters. The summed E-state index contributed by atoms with van der Waals surface area (Å²) in [6.45, 7) is 4.21. The monoisotopic (exact) mass is 386 g/mol. The minimum atomic E-state index is -1.08. The number of anilines is 1. The molecule has 28 heavy (non-hydrogen) atoms. The van der Waals surface area contributed by atoms with Crippen molar-refractivity contribution in [1.82, 2.24) is 5.32 Å². The number of carbonyl (C=O) groups is 3. The van der Waals surface area contributed by atoms with Crippen LogP contribution in [0.3, 0.4) is 0 Å². The first-order valence-corrected chi connectivity index (χ1v) is 9.03. The minimum absolute atomic E-state index is 0.0627. The fourth-order valence-corrected chi connectivity index (χ4v) is 3.24. The van der Waals surface area contributed by atoms with Gasteiger partial charge >= 0.3 is 5.97 Å². The molecule has 1 aliphatic rings. The SMILES string of the molecule is CCOc1ccccc1N1CC(C(=O)NCc2cc(C(=O)O)c(C)o2)CC1=O. The van der Waals surface area contributed by atoms with Crippen molar-refractivity contribution in [2.24, 2.45) is 5.92 Å². The first-order chi connectivity index (χ1) is 13.4. The lowest BCUT2D eigenvalue weighted by Crippen LogP contribution is -2.32. The van der Waals surface area contributed by atoms with Crippen LogP contribution in [-0.2, 0) is 16.1 Å². The number of aromatic carboxylic acids is 1. The summed E-state index contributed by atoms with van der Waals surface area (Å²) in [5.74, 6) is -0.768. The third kappa shape index (κ3) is 4.00. The smallest absolute Gasteiger partial charge is 0.339 e. The van der Waals surface area contributed by atoms with E-state index < -0.39 is 11.9 Å². The van der Waals surface area contributed by atoms with Gasteiger partial charge in [-0.05, 0) is 32.0 Å². The molecule has 1 fully saturated rings. The molecule has 0 aliphatic carbocycles. The van der Waals surface area contributed by atoms with E-state index in [2.05, 4.69) is 5.32 Å². The molecular formula is C20H22N2O6. The Balaban J connectivity index is 1.64. The molecule has 1 saturated heterocycles. The molecular weight excluding hydrogens is 364 g/mol. The molecule has 2 heterocycles. The average Bonchev–Trinajstić information content (AvgIpc) is 3.23. The predicted octanol–water partition coefficient (Wildman–Crippen LogP) is 2.35. The van der Waals surface area contributed by atoms with E-state index >= 15 is 0 Å². The third-order valence-corrected chi connectivity index (χ3v) is 4.59. The number of carbonyl (C=O) groups excluding carboxylic acids is 2. The highest BCUT2D eigenvalue weighted by atomic mass is 16.5. The van der Waals surface area contributed by atoms with Crippen LogP contribution in [0.15, 0.2) is 34.7 Å². The van der Waals surface area contributed by atoms with Gasteiger partial charge in [-0.3, -0.25) is 9.59 Å². The minimum Gasteiger partial charge on any atom is -0.492 e. The van der Waals surface area contributed by atoms with Crippen LogP contribution in [0.25, 0.3) is 0 Å². The summed E-state index contributed by atoms with van der Waals surface area (Å²) in [4.78, 5) is 37.6. The number of ether oxygens (including phenoxy) is 1. The zero-order valence-corrected chi connectivity index (χ0v) is 15.7. The highest BCUT2D eigenvalue weighted by Crippen LogP contribution is 2.33. The van der Waals surface area contributed by atoms with Gasteiger partial charge in [0.05, 0.1) is 24.8 Å². The highest BCUT2D eigenvalue weighted by Gasteiger charge is 2.36. The summed E-state index contributed by atoms with van der Waals surface area (Å²) in [5, 5.41) is 11.8. The van der Waals surface area contributed by atoms with Crippen LogP contribution < -0.4 is 15.0 Å².